The summed E-state index contributed by atoms with van der Waals surface area (Å²) < 4.78 is 26.2. The van der Waals surface area contributed by atoms with Gasteiger partial charge in [-0.05, 0) is 29.3 Å². The number of ether oxygens (including phenoxy) is 3. The molecule has 5 rings (SSSR count). The molecule has 172 valence electrons. The molecule has 0 aromatic heterocycles. The van der Waals surface area contributed by atoms with Crippen LogP contribution in [-0.4, -0.2) is 41.4 Å². The zero-order valence-corrected chi connectivity index (χ0v) is 23.3. The molecule has 3 aliphatic rings. The molecule has 2 saturated heterocycles. The lowest BCUT2D eigenvalue weighted by Gasteiger charge is -2.46. The first-order valence-electron chi connectivity index (χ1n) is 11.1. The zero-order valence-electron chi connectivity index (χ0n) is 19.1. The van der Waals surface area contributed by atoms with Gasteiger partial charge in [0, 0.05) is 6.42 Å². The smallest absolute Gasteiger partial charge is 0.261 e. The van der Waals surface area contributed by atoms with E-state index in [2.05, 4.69) is 113 Å². The average Bonchev–Trinajstić information content (AvgIpc) is 2.97. The van der Waals surface area contributed by atoms with E-state index in [1.807, 2.05) is 13.8 Å². The summed E-state index contributed by atoms with van der Waals surface area (Å²) in [7, 11) is -2.79. The molecule has 32 heavy (non-hydrogen) atoms. The maximum Gasteiger partial charge on any atom is 0.261 e. The van der Waals surface area contributed by atoms with Gasteiger partial charge >= 0.3 is 0 Å². The van der Waals surface area contributed by atoms with Crippen LogP contribution in [0.25, 0.3) is 0 Å². The second kappa shape index (κ2) is 7.48. The minimum Gasteiger partial charge on any atom is -0.399 e. The largest absolute Gasteiger partial charge is 0.399 e. The van der Waals surface area contributed by atoms with Crippen LogP contribution < -0.4 is 10.4 Å². The number of benzene rings is 2. The molecule has 1 unspecified atom stereocenters. The molecule has 0 bridgehead atoms. The van der Waals surface area contributed by atoms with Crippen molar-refractivity contribution in [2.24, 2.45) is 0 Å². The topological polar surface area (TPSA) is 36.9 Å². The van der Waals surface area contributed by atoms with E-state index in [9.17, 15) is 0 Å². The third-order valence-corrected chi connectivity index (χ3v) is 13.8. The Hall–Kier alpha value is -0.543. The average molecular weight is 582 g/mol. The van der Waals surface area contributed by atoms with Crippen LogP contribution in [0, 0.1) is 0 Å². The first-order valence-corrected chi connectivity index (χ1v) is 14.6. The van der Waals surface area contributed by atoms with E-state index in [-0.39, 0.29) is 20.5 Å². The molecule has 4 nitrogen and oxygen atoms in total. The number of rotatable bonds is 4. The first-order chi connectivity index (χ1) is 14.9. The van der Waals surface area contributed by atoms with Gasteiger partial charge in [0.25, 0.3) is 8.32 Å². The Morgan fingerprint density at radius 3 is 1.81 bits per heavy atom. The number of hydrogen-bond acceptors (Lipinski definition) is 4. The molecule has 2 heterocycles. The summed E-state index contributed by atoms with van der Waals surface area (Å²) in [5.74, 6) is -0.708. The molecule has 0 N–H and O–H groups in total. The fourth-order valence-corrected chi connectivity index (χ4v) is 11.6. The minimum absolute atomic E-state index is 0.139. The van der Waals surface area contributed by atoms with Crippen molar-refractivity contribution < 1.29 is 18.6 Å². The van der Waals surface area contributed by atoms with Crippen LogP contribution in [0.1, 0.15) is 41.0 Å². The van der Waals surface area contributed by atoms with Crippen LogP contribution in [0.3, 0.4) is 0 Å². The molecule has 1 aliphatic carbocycles. The molecule has 1 spiro atoms. The van der Waals surface area contributed by atoms with Gasteiger partial charge in [-0.3, -0.25) is 0 Å². The monoisotopic (exact) mass is 580 g/mol. The third-order valence-electron chi connectivity index (χ3n) is 6.87. The highest BCUT2D eigenvalue weighted by Gasteiger charge is 2.80. The van der Waals surface area contributed by atoms with Crippen LogP contribution >= 0.6 is 31.9 Å². The van der Waals surface area contributed by atoms with E-state index in [4.69, 9.17) is 18.6 Å². The number of alkyl halides is 2. The van der Waals surface area contributed by atoms with Crippen molar-refractivity contribution in [3.05, 3.63) is 60.7 Å². The maximum absolute atomic E-state index is 7.51. The number of hydrogen-bond donors (Lipinski definition) is 0. The minimum atomic E-state index is -2.79. The normalized spacial score (nSPS) is 32.8. The lowest BCUT2D eigenvalue weighted by atomic mass is 10.1. The van der Waals surface area contributed by atoms with Crippen LogP contribution in [0.2, 0.25) is 5.04 Å². The highest BCUT2D eigenvalue weighted by molar-refractivity contribution is 9.25. The Balaban J connectivity index is 1.67. The van der Waals surface area contributed by atoms with Gasteiger partial charge < -0.3 is 18.6 Å². The molecular formula is C25H30Br2O4Si. The maximum atomic E-state index is 7.51. The van der Waals surface area contributed by atoms with Crippen molar-refractivity contribution in [3.63, 3.8) is 0 Å². The second-order valence-electron chi connectivity index (χ2n) is 10.6. The van der Waals surface area contributed by atoms with Gasteiger partial charge in [-0.15, -0.1) is 0 Å². The molecule has 2 aromatic carbocycles. The summed E-state index contributed by atoms with van der Waals surface area (Å²) in [6, 6.07) is 21.4. The van der Waals surface area contributed by atoms with Crippen LogP contribution in [0.4, 0.5) is 0 Å². The first kappa shape index (κ1) is 23.2. The van der Waals surface area contributed by atoms with Gasteiger partial charge in [0.1, 0.15) is 21.0 Å². The van der Waals surface area contributed by atoms with Gasteiger partial charge in [0.2, 0.25) is 0 Å². The Morgan fingerprint density at radius 2 is 1.38 bits per heavy atom. The molecule has 0 radical (unpaired) electrons. The van der Waals surface area contributed by atoms with Crippen LogP contribution in [0.15, 0.2) is 60.7 Å². The van der Waals surface area contributed by atoms with Crippen molar-refractivity contribution in [2.75, 3.05) is 0 Å². The molecule has 7 heteroatoms. The van der Waals surface area contributed by atoms with Crippen molar-refractivity contribution >= 4 is 50.6 Å². The standard InChI is InChI=1S/C25H30Br2O4Si/c1-22(2,3)32(17-12-8-6-9-13-17,18-14-10-7-11-15-18)31-20-19-21(29-23(4,5)28-19)30-24(20)16-25(24,26)27/h6-15,19-21H,16H2,1-5H3/t19-,20?,21-,24+/m0/s1. The quantitative estimate of drug-likeness (QED) is 0.373. The highest BCUT2D eigenvalue weighted by Crippen LogP contribution is 2.69. The van der Waals surface area contributed by atoms with Crippen LogP contribution in [0.5, 0.6) is 0 Å². The summed E-state index contributed by atoms with van der Waals surface area (Å²) in [6.45, 7) is 10.7. The van der Waals surface area contributed by atoms with Gasteiger partial charge in [0.15, 0.2) is 12.1 Å². The van der Waals surface area contributed by atoms with E-state index in [1.165, 1.54) is 10.4 Å². The highest BCUT2D eigenvalue weighted by atomic mass is 79.9. The number of fused-ring (bicyclic) bond motifs is 1. The fraction of sp³-hybridized carbons (Fsp3) is 0.520. The van der Waals surface area contributed by atoms with E-state index in [1.54, 1.807) is 0 Å². The Morgan fingerprint density at radius 1 is 0.875 bits per heavy atom. The van der Waals surface area contributed by atoms with Crippen LogP contribution in [-0.2, 0) is 18.6 Å². The van der Waals surface area contributed by atoms with Crippen molar-refractivity contribution in [1.82, 2.24) is 0 Å². The lowest BCUT2D eigenvalue weighted by Crippen LogP contribution is -2.69. The summed E-state index contributed by atoms with van der Waals surface area (Å²) in [6.07, 6.45) is -0.267. The molecule has 4 atom stereocenters. The lowest BCUT2D eigenvalue weighted by molar-refractivity contribution is -0.218. The predicted molar refractivity (Wildman–Crippen MR) is 135 cm³/mol. The van der Waals surface area contributed by atoms with E-state index in [0.717, 1.165) is 6.42 Å². The van der Waals surface area contributed by atoms with Crippen molar-refractivity contribution in [3.8, 4) is 0 Å². The Bertz CT molecular complexity index is 953. The number of halogens is 2. The van der Waals surface area contributed by atoms with Gasteiger partial charge in [-0.25, -0.2) is 0 Å². The van der Waals surface area contributed by atoms with Crippen molar-refractivity contribution in [1.29, 1.82) is 0 Å². The predicted octanol–water partition coefficient (Wildman–Crippen LogP) is 5.07. The summed E-state index contributed by atoms with van der Waals surface area (Å²) in [5, 5.41) is 2.34. The fourth-order valence-electron chi connectivity index (χ4n) is 5.36. The summed E-state index contributed by atoms with van der Waals surface area (Å²) in [4.78, 5) is 0. The van der Waals surface area contributed by atoms with Gasteiger partial charge in [-0.2, -0.15) is 0 Å². The molecule has 2 aliphatic heterocycles. The molecule has 3 fully saturated rings. The van der Waals surface area contributed by atoms with E-state index >= 15 is 0 Å². The van der Waals surface area contributed by atoms with Gasteiger partial charge in [0.05, 0.1) is 0 Å². The van der Waals surface area contributed by atoms with E-state index in [0.29, 0.717) is 0 Å². The van der Waals surface area contributed by atoms with Gasteiger partial charge in [-0.1, -0.05) is 113 Å². The molecule has 0 amide bonds. The zero-order chi connectivity index (χ0) is 23.0. The Kier molecular flexibility index (Phi) is 5.42. The van der Waals surface area contributed by atoms with Crippen molar-refractivity contribution in [2.45, 2.75) is 79.2 Å². The third kappa shape index (κ3) is 3.42. The summed E-state index contributed by atoms with van der Waals surface area (Å²) >= 11 is 7.67. The summed E-state index contributed by atoms with van der Waals surface area (Å²) in [5.41, 5.74) is -0.550. The molecular weight excluding hydrogens is 552 g/mol. The second-order valence-corrected chi connectivity index (χ2v) is 18.6. The SMILES string of the molecule is CC1(C)O[C@H]2O[C@]3(CC3(Br)Br)C(O[Si](c3ccccc3)(c3ccccc3)C(C)(C)C)[C@@H]2O1. The molecule has 1 saturated carbocycles. The molecule has 2 aromatic rings. The van der Waals surface area contributed by atoms with E-state index < -0.39 is 26.0 Å². The Labute approximate surface area is 208 Å².